The average molecular weight is 369 g/mol. The van der Waals surface area contributed by atoms with Gasteiger partial charge in [-0.2, -0.15) is 0 Å². The van der Waals surface area contributed by atoms with E-state index in [2.05, 4.69) is 26.0 Å². The summed E-state index contributed by atoms with van der Waals surface area (Å²) in [5.41, 5.74) is 2.35. The van der Waals surface area contributed by atoms with Crippen LogP contribution in [0.5, 0.6) is 0 Å². The molecular formula is C15H17BrN2O2S. The fraction of sp³-hybridized carbons (Fsp3) is 0.200. The summed E-state index contributed by atoms with van der Waals surface area (Å²) in [6, 6.07) is 12.5. The van der Waals surface area contributed by atoms with E-state index in [0.29, 0.717) is 16.7 Å². The molecule has 21 heavy (non-hydrogen) atoms. The van der Waals surface area contributed by atoms with E-state index in [1.165, 1.54) is 0 Å². The molecule has 0 aromatic heterocycles. The van der Waals surface area contributed by atoms with Gasteiger partial charge < -0.3 is 5.32 Å². The van der Waals surface area contributed by atoms with Gasteiger partial charge in [0.25, 0.3) is 10.0 Å². The lowest BCUT2D eigenvalue weighted by atomic mass is 10.1. The summed E-state index contributed by atoms with van der Waals surface area (Å²) in [5, 5.41) is 3.03. The summed E-state index contributed by atoms with van der Waals surface area (Å²) in [4.78, 5) is 0.247. The molecule has 0 heterocycles. The zero-order chi connectivity index (χ0) is 15.5. The number of para-hydroxylation sites is 1. The lowest BCUT2D eigenvalue weighted by molar-refractivity contribution is 0.600. The molecule has 2 aromatic rings. The Morgan fingerprint density at radius 2 is 1.81 bits per heavy atom. The SMILES string of the molecule is CNCc1cc(C)c(Br)c(S(=O)(=O)Nc2ccccc2)c1. The Balaban J connectivity index is 2.44. The van der Waals surface area contributed by atoms with Crippen molar-refractivity contribution in [2.24, 2.45) is 0 Å². The Bertz CT molecular complexity index is 731. The predicted molar refractivity (Wildman–Crippen MR) is 88.9 cm³/mol. The summed E-state index contributed by atoms with van der Waals surface area (Å²) in [6.45, 7) is 2.49. The van der Waals surface area contributed by atoms with E-state index in [9.17, 15) is 8.42 Å². The maximum atomic E-state index is 12.6. The maximum Gasteiger partial charge on any atom is 0.263 e. The number of halogens is 1. The van der Waals surface area contributed by atoms with Gasteiger partial charge in [0.05, 0.1) is 0 Å². The zero-order valence-corrected chi connectivity index (χ0v) is 14.3. The van der Waals surface area contributed by atoms with Crippen molar-refractivity contribution < 1.29 is 8.42 Å². The van der Waals surface area contributed by atoms with E-state index in [-0.39, 0.29) is 4.90 Å². The average Bonchev–Trinajstić information content (AvgIpc) is 2.43. The van der Waals surface area contributed by atoms with Gasteiger partial charge in [0.15, 0.2) is 0 Å². The third kappa shape index (κ3) is 3.84. The molecule has 0 amide bonds. The highest BCUT2D eigenvalue weighted by Gasteiger charge is 2.20. The summed E-state index contributed by atoms with van der Waals surface area (Å²) in [7, 11) is -1.80. The van der Waals surface area contributed by atoms with E-state index in [1.54, 1.807) is 30.3 Å². The molecule has 0 aliphatic carbocycles. The lowest BCUT2D eigenvalue weighted by Gasteiger charge is -2.13. The monoisotopic (exact) mass is 368 g/mol. The van der Waals surface area contributed by atoms with E-state index >= 15 is 0 Å². The maximum absolute atomic E-state index is 12.6. The number of nitrogens with one attached hydrogen (secondary N) is 2. The van der Waals surface area contributed by atoms with E-state index in [0.717, 1.165) is 11.1 Å². The molecule has 0 fully saturated rings. The Labute approximate surface area is 133 Å². The second-order valence-corrected chi connectivity index (χ2v) is 7.17. The van der Waals surface area contributed by atoms with Gasteiger partial charge in [0.2, 0.25) is 0 Å². The summed E-state index contributed by atoms with van der Waals surface area (Å²) in [6.07, 6.45) is 0. The van der Waals surface area contributed by atoms with Crippen LogP contribution < -0.4 is 10.0 Å². The fourth-order valence-corrected chi connectivity index (χ4v) is 4.16. The van der Waals surface area contributed by atoms with E-state index < -0.39 is 10.0 Å². The molecule has 0 aliphatic heterocycles. The van der Waals surface area contributed by atoms with Gasteiger partial charge in [-0.1, -0.05) is 24.3 Å². The first-order valence-electron chi connectivity index (χ1n) is 6.45. The van der Waals surface area contributed by atoms with E-state index in [1.807, 2.05) is 26.1 Å². The van der Waals surface area contributed by atoms with Gasteiger partial charge >= 0.3 is 0 Å². The minimum atomic E-state index is -3.63. The summed E-state index contributed by atoms with van der Waals surface area (Å²) >= 11 is 3.38. The standard InChI is InChI=1S/C15H17BrN2O2S/c1-11-8-12(10-17-2)9-14(15(11)16)21(19,20)18-13-6-4-3-5-7-13/h3-9,17-18H,10H2,1-2H3. The number of hydrogen-bond acceptors (Lipinski definition) is 3. The van der Waals surface area contributed by atoms with Crippen LogP contribution in [0, 0.1) is 6.92 Å². The van der Waals surface area contributed by atoms with Crippen molar-refractivity contribution in [1.82, 2.24) is 5.32 Å². The topological polar surface area (TPSA) is 58.2 Å². The molecule has 0 aliphatic rings. The van der Waals surface area contributed by atoms with Gasteiger partial charge in [0, 0.05) is 16.7 Å². The molecule has 2 rings (SSSR count). The number of anilines is 1. The minimum Gasteiger partial charge on any atom is -0.316 e. The minimum absolute atomic E-state index is 0.247. The van der Waals surface area contributed by atoms with Gasteiger partial charge in [0.1, 0.15) is 4.90 Å². The highest BCUT2D eigenvalue weighted by molar-refractivity contribution is 9.10. The molecule has 0 atom stereocenters. The Kier molecular flexibility index (Phi) is 5.03. The van der Waals surface area contributed by atoms with Crippen LogP contribution in [0.25, 0.3) is 0 Å². The second-order valence-electron chi connectivity index (χ2n) is 4.73. The summed E-state index contributed by atoms with van der Waals surface area (Å²) < 4.78 is 28.3. The number of sulfonamides is 1. The molecule has 112 valence electrons. The molecular weight excluding hydrogens is 352 g/mol. The zero-order valence-electron chi connectivity index (χ0n) is 11.9. The highest BCUT2D eigenvalue weighted by atomic mass is 79.9. The number of aryl methyl sites for hydroxylation is 1. The Morgan fingerprint density at radius 1 is 1.14 bits per heavy atom. The van der Waals surface area contributed by atoms with Crippen LogP contribution in [0.2, 0.25) is 0 Å². The fourth-order valence-electron chi connectivity index (χ4n) is 2.03. The van der Waals surface area contributed by atoms with Crippen molar-refractivity contribution >= 4 is 31.6 Å². The summed E-state index contributed by atoms with van der Waals surface area (Å²) in [5.74, 6) is 0. The molecule has 2 N–H and O–H groups in total. The molecule has 2 aromatic carbocycles. The van der Waals surface area contributed by atoms with Gasteiger partial charge in [-0.3, -0.25) is 4.72 Å². The molecule has 0 radical (unpaired) electrons. The first kappa shape index (κ1) is 16.0. The highest BCUT2D eigenvalue weighted by Crippen LogP contribution is 2.28. The van der Waals surface area contributed by atoms with Gasteiger partial charge in [-0.15, -0.1) is 0 Å². The smallest absolute Gasteiger partial charge is 0.263 e. The van der Waals surface area contributed by atoms with Crippen molar-refractivity contribution in [3.05, 3.63) is 58.1 Å². The van der Waals surface area contributed by atoms with Crippen LogP contribution in [0.3, 0.4) is 0 Å². The van der Waals surface area contributed by atoms with Crippen LogP contribution in [0.4, 0.5) is 5.69 Å². The van der Waals surface area contributed by atoms with Gasteiger partial charge in [-0.25, -0.2) is 8.42 Å². The Morgan fingerprint density at radius 3 is 2.43 bits per heavy atom. The van der Waals surface area contributed by atoms with E-state index in [4.69, 9.17) is 0 Å². The van der Waals surface area contributed by atoms with Crippen molar-refractivity contribution in [1.29, 1.82) is 0 Å². The predicted octanol–water partition coefficient (Wildman–Crippen LogP) is 3.28. The largest absolute Gasteiger partial charge is 0.316 e. The molecule has 4 nitrogen and oxygen atoms in total. The second kappa shape index (κ2) is 6.60. The molecule has 0 unspecified atom stereocenters. The normalized spacial score (nSPS) is 11.4. The molecule has 0 bridgehead atoms. The number of benzene rings is 2. The first-order chi connectivity index (χ1) is 9.94. The van der Waals surface area contributed by atoms with Crippen molar-refractivity contribution in [2.45, 2.75) is 18.4 Å². The third-order valence-corrected chi connectivity index (χ3v) is 5.70. The van der Waals surface area contributed by atoms with Gasteiger partial charge in [-0.05, 0) is 59.2 Å². The molecule has 0 saturated heterocycles. The quantitative estimate of drug-likeness (QED) is 0.851. The van der Waals surface area contributed by atoms with Crippen LogP contribution in [0.1, 0.15) is 11.1 Å². The van der Waals surface area contributed by atoms with Crippen LogP contribution in [-0.4, -0.2) is 15.5 Å². The molecule has 6 heteroatoms. The van der Waals surface area contributed by atoms with Crippen LogP contribution in [-0.2, 0) is 16.6 Å². The number of hydrogen-bond donors (Lipinski definition) is 2. The lowest BCUT2D eigenvalue weighted by Crippen LogP contribution is -2.15. The van der Waals surface area contributed by atoms with Crippen LogP contribution >= 0.6 is 15.9 Å². The van der Waals surface area contributed by atoms with Crippen molar-refractivity contribution in [3.63, 3.8) is 0 Å². The van der Waals surface area contributed by atoms with Crippen molar-refractivity contribution in [2.75, 3.05) is 11.8 Å². The number of rotatable bonds is 5. The van der Waals surface area contributed by atoms with Crippen molar-refractivity contribution in [3.8, 4) is 0 Å². The first-order valence-corrected chi connectivity index (χ1v) is 8.73. The Hall–Kier alpha value is -1.37. The molecule has 0 saturated carbocycles. The molecule has 0 spiro atoms. The van der Waals surface area contributed by atoms with Crippen LogP contribution in [0.15, 0.2) is 51.8 Å². The third-order valence-electron chi connectivity index (χ3n) is 2.98.